The monoisotopic (exact) mass is 248 g/mol. The third-order valence-corrected chi connectivity index (χ3v) is 3.69. The molecule has 0 atom stereocenters. The highest BCUT2D eigenvalue weighted by molar-refractivity contribution is 7.90. The molecular formula is C9H16N2O2S2. The van der Waals surface area contributed by atoms with Crippen LogP contribution in [0.1, 0.15) is 23.2 Å². The average molecular weight is 248 g/mol. The van der Waals surface area contributed by atoms with Crippen LogP contribution < -0.4 is 5.32 Å². The fourth-order valence-corrected chi connectivity index (χ4v) is 3.20. The Kier molecular flexibility index (Phi) is 4.69. The molecule has 1 aromatic heterocycles. The third-order valence-electron chi connectivity index (χ3n) is 1.71. The van der Waals surface area contributed by atoms with E-state index in [4.69, 9.17) is 0 Å². The molecule has 0 saturated carbocycles. The normalized spacial score (nSPS) is 11.9. The molecule has 0 fully saturated rings. The van der Waals surface area contributed by atoms with Gasteiger partial charge in [0.15, 0.2) is 9.84 Å². The van der Waals surface area contributed by atoms with E-state index in [1.54, 1.807) is 6.20 Å². The van der Waals surface area contributed by atoms with Crippen LogP contribution in [0, 0.1) is 0 Å². The van der Waals surface area contributed by atoms with Gasteiger partial charge in [0.1, 0.15) is 10.8 Å². The van der Waals surface area contributed by atoms with Crippen LogP contribution in [-0.4, -0.2) is 26.2 Å². The first-order chi connectivity index (χ1) is 7.01. The lowest BCUT2D eigenvalue weighted by molar-refractivity contribution is 0.601. The maximum Gasteiger partial charge on any atom is 0.153 e. The molecule has 0 bridgehead atoms. The van der Waals surface area contributed by atoms with Crippen LogP contribution >= 0.6 is 11.3 Å². The zero-order chi connectivity index (χ0) is 11.3. The average Bonchev–Trinajstić information content (AvgIpc) is 2.50. The topological polar surface area (TPSA) is 59.1 Å². The SMILES string of the molecule is CCCNCc1cnc(CS(C)(=O)=O)s1. The molecule has 4 nitrogen and oxygen atoms in total. The highest BCUT2D eigenvalue weighted by atomic mass is 32.2. The number of hydrogen-bond acceptors (Lipinski definition) is 5. The summed E-state index contributed by atoms with van der Waals surface area (Å²) in [6.07, 6.45) is 4.06. The molecule has 86 valence electrons. The maximum absolute atomic E-state index is 11.0. The number of sulfone groups is 1. The Balaban J connectivity index is 2.49. The predicted molar refractivity (Wildman–Crippen MR) is 62.7 cm³/mol. The number of nitrogens with one attached hydrogen (secondary N) is 1. The molecular weight excluding hydrogens is 232 g/mol. The first kappa shape index (κ1) is 12.6. The van der Waals surface area contributed by atoms with Crippen molar-refractivity contribution < 1.29 is 8.42 Å². The van der Waals surface area contributed by atoms with E-state index in [9.17, 15) is 8.42 Å². The van der Waals surface area contributed by atoms with Crippen LogP contribution in [-0.2, 0) is 22.1 Å². The van der Waals surface area contributed by atoms with Crippen molar-refractivity contribution in [3.8, 4) is 0 Å². The van der Waals surface area contributed by atoms with E-state index in [0.717, 1.165) is 24.4 Å². The predicted octanol–water partition coefficient (Wildman–Crippen LogP) is 1.19. The molecule has 0 radical (unpaired) electrons. The minimum absolute atomic E-state index is 0.0471. The third kappa shape index (κ3) is 5.25. The van der Waals surface area contributed by atoms with Crippen LogP contribution in [0.5, 0.6) is 0 Å². The van der Waals surface area contributed by atoms with E-state index in [2.05, 4.69) is 17.2 Å². The second-order valence-electron chi connectivity index (χ2n) is 3.47. The zero-order valence-corrected chi connectivity index (χ0v) is 10.6. The van der Waals surface area contributed by atoms with Crippen molar-refractivity contribution in [1.29, 1.82) is 0 Å². The van der Waals surface area contributed by atoms with Crippen molar-refractivity contribution in [2.75, 3.05) is 12.8 Å². The van der Waals surface area contributed by atoms with E-state index in [0.29, 0.717) is 5.01 Å². The molecule has 1 aromatic rings. The molecule has 0 unspecified atom stereocenters. The van der Waals surface area contributed by atoms with Gasteiger partial charge in [-0.05, 0) is 13.0 Å². The summed E-state index contributed by atoms with van der Waals surface area (Å²) in [5.41, 5.74) is 0. The van der Waals surface area contributed by atoms with Crippen molar-refractivity contribution in [2.24, 2.45) is 0 Å². The minimum Gasteiger partial charge on any atom is -0.312 e. The summed E-state index contributed by atoms with van der Waals surface area (Å²) >= 11 is 1.46. The molecule has 1 heterocycles. The Labute approximate surface area is 94.7 Å². The van der Waals surface area contributed by atoms with E-state index in [1.165, 1.54) is 17.6 Å². The first-order valence-corrected chi connectivity index (χ1v) is 7.71. The molecule has 1 N–H and O–H groups in total. The summed E-state index contributed by atoms with van der Waals surface area (Å²) < 4.78 is 22.0. The number of thiazole rings is 1. The van der Waals surface area contributed by atoms with Gasteiger partial charge in [0.2, 0.25) is 0 Å². The number of aromatic nitrogens is 1. The van der Waals surface area contributed by atoms with Gasteiger partial charge in [-0.2, -0.15) is 0 Å². The molecule has 0 aromatic carbocycles. The quantitative estimate of drug-likeness (QED) is 0.768. The van der Waals surface area contributed by atoms with Gasteiger partial charge in [-0.3, -0.25) is 0 Å². The van der Waals surface area contributed by atoms with Crippen molar-refractivity contribution in [2.45, 2.75) is 25.6 Å². The molecule has 1 rings (SSSR count). The molecule has 0 spiro atoms. The van der Waals surface area contributed by atoms with Crippen LogP contribution in [0.15, 0.2) is 6.20 Å². The fraction of sp³-hybridized carbons (Fsp3) is 0.667. The molecule has 0 aliphatic heterocycles. The molecule has 6 heteroatoms. The van der Waals surface area contributed by atoms with Crippen molar-refractivity contribution in [3.63, 3.8) is 0 Å². The van der Waals surface area contributed by atoms with Gasteiger partial charge in [-0.1, -0.05) is 6.92 Å². The molecule has 0 aliphatic carbocycles. The molecule has 0 aliphatic rings. The van der Waals surface area contributed by atoms with E-state index in [1.807, 2.05) is 0 Å². The smallest absolute Gasteiger partial charge is 0.153 e. The lowest BCUT2D eigenvalue weighted by Crippen LogP contribution is -2.12. The molecule has 0 saturated heterocycles. The molecule has 0 amide bonds. The van der Waals surface area contributed by atoms with E-state index < -0.39 is 9.84 Å². The van der Waals surface area contributed by atoms with Gasteiger partial charge in [-0.15, -0.1) is 11.3 Å². The van der Waals surface area contributed by atoms with Gasteiger partial charge in [0.05, 0.1) is 0 Å². The minimum atomic E-state index is -2.96. The van der Waals surface area contributed by atoms with Gasteiger partial charge < -0.3 is 5.32 Å². The lowest BCUT2D eigenvalue weighted by Gasteiger charge is -1.97. The van der Waals surface area contributed by atoms with Crippen LogP contribution in [0.4, 0.5) is 0 Å². The second kappa shape index (κ2) is 5.58. The summed E-state index contributed by atoms with van der Waals surface area (Å²) in [6.45, 7) is 3.85. The van der Waals surface area contributed by atoms with Gasteiger partial charge in [0, 0.05) is 23.9 Å². The molecule has 15 heavy (non-hydrogen) atoms. The summed E-state index contributed by atoms with van der Waals surface area (Å²) in [6, 6.07) is 0. The largest absolute Gasteiger partial charge is 0.312 e. The summed E-state index contributed by atoms with van der Waals surface area (Å²) in [5, 5.41) is 3.92. The summed E-state index contributed by atoms with van der Waals surface area (Å²) in [5.74, 6) is 0.0471. The van der Waals surface area contributed by atoms with E-state index >= 15 is 0 Å². The second-order valence-corrected chi connectivity index (χ2v) is 6.81. The lowest BCUT2D eigenvalue weighted by atomic mass is 10.4. The van der Waals surface area contributed by atoms with Gasteiger partial charge in [0.25, 0.3) is 0 Å². The first-order valence-electron chi connectivity index (χ1n) is 4.83. The summed E-state index contributed by atoms with van der Waals surface area (Å²) in [4.78, 5) is 5.16. The van der Waals surface area contributed by atoms with Crippen molar-refractivity contribution in [1.82, 2.24) is 10.3 Å². The highest BCUT2D eigenvalue weighted by Crippen LogP contribution is 2.14. The summed E-state index contributed by atoms with van der Waals surface area (Å²) in [7, 11) is -2.96. The Morgan fingerprint density at radius 2 is 2.27 bits per heavy atom. The Morgan fingerprint density at radius 1 is 1.53 bits per heavy atom. The van der Waals surface area contributed by atoms with Crippen LogP contribution in [0.25, 0.3) is 0 Å². The fourth-order valence-electron chi connectivity index (χ4n) is 1.11. The van der Waals surface area contributed by atoms with Crippen LogP contribution in [0.3, 0.4) is 0 Å². The van der Waals surface area contributed by atoms with Gasteiger partial charge >= 0.3 is 0 Å². The highest BCUT2D eigenvalue weighted by Gasteiger charge is 2.08. The number of hydrogen-bond donors (Lipinski definition) is 1. The Morgan fingerprint density at radius 3 is 2.87 bits per heavy atom. The van der Waals surface area contributed by atoms with Crippen LogP contribution in [0.2, 0.25) is 0 Å². The Hall–Kier alpha value is -0.460. The van der Waals surface area contributed by atoms with E-state index in [-0.39, 0.29) is 5.75 Å². The van der Waals surface area contributed by atoms with Crippen molar-refractivity contribution >= 4 is 21.2 Å². The zero-order valence-electron chi connectivity index (χ0n) is 8.99. The van der Waals surface area contributed by atoms with Gasteiger partial charge in [-0.25, -0.2) is 13.4 Å². The maximum atomic E-state index is 11.0. The number of nitrogens with zero attached hydrogens (tertiary/aromatic N) is 1. The Bertz CT molecular complexity index is 398. The van der Waals surface area contributed by atoms with Crippen molar-refractivity contribution in [3.05, 3.63) is 16.1 Å². The standard InChI is InChI=1S/C9H16N2O2S2/c1-3-4-10-5-8-6-11-9(14-8)7-15(2,12)13/h6,10H,3-5,7H2,1-2H3. The number of rotatable bonds is 6.